The van der Waals surface area contributed by atoms with Crippen molar-refractivity contribution in [2.24, 2.45) is 13.0 Å². The third-order valence-electron chi connectivity index (χ3n) is 3.58. The molecule has 21 heavy (non-hydrogen) atoms. The van der Waals surface area contributed by atoms with Gasteiger partial charge in [-0.3, -0.25) is 9.48 Å². The van der Waals surface area contributed by atoms with E-state index in [1.807, 2.05) is 34.7 Å². The number of amides is 1. The molecule has 0 saturated heterocycles. The van der Waals surface area contributed by atoms with E-state index in [9.17, 15) is 9.90 Å². The zero-order valence-corrected chi connectivity index (χ0v) is 13.1. The van der Waals surface area contributed by atoms with E-state index in [4.69, 9.17) is 0 Å². The van der Waals surface area contributed by atoms with E-state index in [1.165, 1.54) is 0 Å². The van der Waals surface area contributed by atoms with Crippen molar-refractivity contribution in [3.05, 3.63) is 23.0 Å². The first kappa shape index (κ1) is 15.4. The molecule has 0 saturated carbocycles. The van der Waals surface area contributed by atoms with Gasteiger partial charge in [0.25, 0.3) is 5.91 Å². The van der Waals surface area contributed by atoms with E-state index in [-0.39, 0.29) is 18.4 Å². The third-order valence-corrected chi connectivity index (χ3v) is 3.58. The normalized spacial score (nSPS) is 12.9. The summed E-state index contributed by atoms with van der Waals surface area (Å²) < 4.78 is 1.68. The van der Waals surface area contributed by atoms with Crippen molar-refractivity contribution in [3.8, 4) is 0 Å². The molecular weight excluding hydrogens is 268 g/mol. The second kappa shape index (κ2) is 5.81. The number of aromatic nitrogens is 3. The summed E-state index contributed by atoms with van der Waals surface area (Å²) >= 11 is 0. The van der Waals surface area contributed by atoms with E-state index >= 15 is 0 Å². The quantitative estimate of drug-likeness (QED) is 0.890. The number of nitrogens with one attached hydrogen (secondary N) is 1. The van der Waals surface area contributed by atoms with Crippen LogP contribution in [0, 0.1) is 19.8 Å². The van der Waals surface area contributed by atoms with Crippen molar-refractivity contribution in [3.63, 3.8) is 0 Å². The molecule has 0 fully saturated rings. The van der Waals surface area contributed by atoms with Gasteiger partial charge in [-0.1, -0.05) is 13.8 Å². The minimum atomic E-state index is -0.553. The molecule has 2 aromatic heterocycles. The Morgan fingerprint density at radius 3 is 2.71 bits per heavy atom. The molecule has 0 spiro atoms. The van der Waals surface area contributed by atoms with E-state index in [1.54, 1.807) is 10.7 Å². The predicted molar refractivity (Wildman–Crippen MR) is 81.2 cm³/mol. The standard InChI is InChI=1S/C15H22N4O2/c1-8(2)12(20)7-16-15(21)11-6-9(3)17-14-13(11)10(4)18-19(14)5/h6,8,12,20H,7H2,1-5H3,(H,16,21). The molecule has 0 radical (unpaired) electrons. The van der Waals surface area contributed by atoms with Gasteiger partial charge in [0.1, 0.15) is 0 Å². The molecule has 2 aromatic rings. The van der Waals surface area contributed by atoms with Crippen LogP contribution in [0.25, 0.3) is 11.0 Å². The Labute approximate surface area is 124 Å². The number of hydrogen-bond donors (Lipinski definition) is 2. The maximum atomic E-state index is 12.4. The lowest BCUT2D eigenvalue weighted by Gasteiger charge is -2.15. The topological polar surface area (TPSA) is 80.0 Å². The summed E-state index contributed by atoms with van der Waals surface area (Å²) in [7, 11) is 1.81. The van der Waals surface area contributed by atoms with Crippen molar-refractivity contribution >= 4 is 16.9 Å². The van der Waals surface area contributed by atoms with E-state index < -0.39 is 6.10 Å². The van der Waals surface area contributed by atoms with Gasteiger partial charge in [-0.2, -0.15) is 5.10 Å². The average molecular weight is 290 g/mol. The minimum absolute atomic E-state index is 0.102. The van der Waals surface area contributed by atoms with Crippen molar-refractivity contribution in [2.75, 3.05) is 6.54 Å². The first-order chi connectivity index (χ1) is 9.81. The van der Waals surface area contributed by atoms with Crippen LogP contribution in [0.2, 0.25) is 0 Å². The highest BCUT2D eigenvalue weighted by molar-refractivity contribution is 6.06. The number of aryl methyl sites for hydroxylation is 3. The van der Waals surface area contributed by atoms with Crippen LogP contribution < -0.4 is 5.32 Å². The number of pyridine rings is 1. The summed E-state index contributed by atoms with van der Waals surface area (Å²) in [5.41, 5.74) is 2.79. The van der Waals surface area contributed by atoms with Gasteiger partial charge in [0.05, 0.1) is 22.7 Å². The fourth-order valence-electron chi connectivity index (χ4n) is 2.28. The van der Waals surface area contributed by atoms with Crippen LogP contribution in [0.1, 0.15) is 35.6 Å². The molecule has 0 aliphatic rings. The Bertz CT molecular complexity index is 676. The fraction of sp³-hybridized carbons (Fsp3) is 0.533. The van der Waals surface area contributed by atoms with Gasteiger partial charge in [-0.15, -0.1) is 0 Å². The Balaban J connectivity index is 2.35. The Hall–Kier alpha value is -1.95. The summed E-state index contributed by atoms with van der Waals surface area (Å²) in [6.07, 6.45) is -0.553. The molecule has 6 heteroatoms. The van der Waals surface area contributed by atoms with E-state index in [2.05, 4.69) is 15.4 Å². The fourth-order valence-corrected chi connectivity index (χ4v) is 2.28. The van der Waals surface area contributed by atoms with Gasteiger partial charge in [-0.25, -0.2) is 4.98 Å². The van der Waals surface area contributed by atoms with Crippen molar-refractivity contribution in [1.82, 2.24) is 20.1 Å². The molecule has 0 aromatic carbocycles. The van der Waals surface area contributed by atoms with Crippen molar-refractivity contribution < 1.29 is 9.90 Å². The highest BCUT2D eigenvalue weighted by Crippen LogP contribution is 2.21. The minimum Gasteiger partial charge on any atom is -0.391 e. The van der Waals surface area contributed by atoms with Crippen LogP contribution in [-0.2, 0) is 7.05 Å². The maximum absolute atomic E-state index is 12.4. The van der Waals surface area contributed by atoms with Crippen LogP contribution in [0.4, 0.5) is 0 Å². The van der Waals surface area contributed by atoms with E-state index in [0.717, 1.165) is 16.8 Å². The zero-order valence-electron chi connectivity index (χ0n) is 13.1. The average Bonchev–Trinajstić information content (AvgIpc) is 2.69. The Kier molecular flexibility index (Phi) is 4.27. The van der Waals surface area contributed by atoms with Crippen LogP contribution in [0.3, 0.4) is 0 Å². The van der Waals surface area contributed by atoms with Gasteiger partial charge in [0.2, 0.25) is 0 Å². The van der Waals surface area contributed by atoms with Crippen molar-refractivity contribution in [1.29, 1.82) is 0 Å². The van der Waals surface area contributed by atoms with Crippen LogP contribution in [-0.4, -0.2) is 38.4 Å². The number of aliphatic hydroxyl groups is 1. The molecule has 2 heterocycles. The van der Waals surface area contributed by atoms with Gasteiger partial charge < -0.3 is 10.4 Å². The molecule has 1 unspecified atom stereocenters. The smallest absolute Gasteiger partial charge is 0.252 e. The van der Waals surface area contributed by atoms with Gasteiger partial charge in [0, 0.05) is 19.3 Å². The molecule has 0 bridgehead atoms. The lowest BCUT2D eigenvalue weighted by molar-refractivity contribution is 0.0873. The number of carbonyl (C=O) groups excluding carboxylic acids is 1. The number of hydrogen-bond acceptors (Lipinski definition) is 4. The number of aliphatic hydroxyl groups excluding tert-OH is 1. The summed E-state index contributed by atoms with van der Waals surface area (Å²) in [6.45, 7) is 7.77. The monoisotopic (exact) mass is 290 g/mol. The maximum Gasteiger partial charge on any atom is 0.252 e. The molecule has 0 aliphatic carbocycles. The largest absolute Gasteiger partial charge is 0.391 e. The summed E-state index contributed by atoms with van der Waals surface area (Å²) in [4.78, 5) is 16.8. The third kappa shape index (κ3) is 3.05. The molecule has 114 valence electrons. The lowest BCUT2D eigenvalue weighted by Crippen LogP contribution is -2.34. The van der Waals surface area contributed by atoms with Gasteiger partial charge in [-0.05, 0) is 25.8 Å². The summed E-state index contributed by atoms with van der Waals surface area (Å²) in [5.74, 6) is -0.106. The highest BCUT2D eigenvalue weighted by atomic mass is 16.3. The second-order valence-electron chi connectivity index (χ2n) is 5.74. The first-order valence-corrected chi connectivity index (χ1v) is 7.08. The molecule has 0 aliphatic heterocycles. The molecular formula is C15H22N4O2. The molecule has 6 nitrogen and oxygen atoms in total. The summed E-state index contributed by atoms with van der Waals surface area (Å²) in [6, 6.07) is 1.76. The number of nitrogens with zero attached hydrogens (tertiary/aromatic N) is 3. The van der Waals surface area contributed by atoms with Crippen LogP contribution >= 0.6 is 0 Å². The lowest BCUT2D eigenvalue weighted by atomic mass is 10.1. The number of carbonyl (C=O) groups is 1. The molecule has 2 rings (SSSR count). The van der Waals surface area contributed by atoms with Gasteiger partial charge >= 0.3 is 0 Å². The number of rotatable bonds is 4. The SMILES string of the molecule is Cc1cc(C(=O)NCC(O)C(C)C)c2c(C)nn(C)c2n1. The van der Waals surface area contributed by atoms with Crippen LogP contribution in [0.15, 0.2) is 6.07 Å². The predicted octanol–water partition coefficient (Wildman–Crippen LogP) is 1.33. The van der Waals surface area contributed by atoms with E-state index in [0.29, 0.717) is 11.2 Å². The first-order valence-electron chi connectivity index (χ1n) is 7.08. The Morgan fingerprint density at radius 2 is 2.10 bits per heavy atom. The molecule has 2 N–H and O–H groups in total. The van der Waals surface area contributed by atoms with Gasteiger partial charge in [0.15, 0.2) is 5.65 Å². The second-order valence-corrected chi connectivity index (χ2v) is 5.74. The van der Waals surface area contributed by atoms with Crippen molar-refractivity contribution in [2.45, 2.75) is 33.8 Å². The molecule has 1 amide bonds. The highest BCUT2D eigenvalue weighted by Gasteiger charge is 2.18. The molecule has 1 atom stereocenters. The van der Waals surface area contributed by atoms with Crippen LogP contribution in [0.5, 0.6) is 0 Å². The zero-order chi connectivity index (χ0) is 15.7. The summed E-state index contributed by atoms with van der Waals surface area (Å²) in [5, 5.41) is 17.7. The Morgan fingerprint density at radius 1 is 1.43 bits per heavy atom. The number of fused-ring (bicyclic) bond motifs is 1.